The maximum Gasteiger partial charge on any atom is 0.421 e. The number of nitrogens with two attached hydrogens (primary N) is 1. The molecule has 1 aromatic carbocycles. The molecule has 6 heteroatoms. The highest BCUT2D eigenvalue weighted by Gasteiger charge is 2.27. The monoisotopic (exact) mass is 261 g/mol. The molecule has 0 saturated carbocycles. The first-order valence-corrected chi connectivity index (χ1v) is 5.87. The summed E-state index contributed by atoms with van der Waals surface area (Å²) in [6.07, 6.45) is 2.41. The number of carboxylic acid groups (broad SMARTS) is 1. The lowest BCUT2D eigenvalue weighted by Crippen LogP contribution is -2.47. The van der Waals surface area contributed by atoms with Gasteiger partial charge in [0.2, 0.25) is 0 Å². The quantitative estimate of drug-likeness (QED) is 0.366. The summed E-state index contributed by atoms with van der Waals surface area (Å²) in [4.78, 5) is 24.6. The fourth-order valence-corrected chi connectivity index (χ4v) is 1.99. The van der Waals surface area contributed by atoms with Gasteiger partial charge < -0.3 is 10.0 Å². The number of rotatable bonds is 3. The molecule has 3 N–H and O–H groups in total. The Morgan fingerprint density at radius 1 is 1.37 bits per heavy atom. The van der Waals surface area contributed by atoms with Gasteiger partial charge in [-0.1, -0.05) is 30.4 Å². The van der Waals surface area contributed by atoms with Crippen molar-refractivity contribution in [1.82, 2.24) is 9.91 Å². The Labute approximate surface area is 110 Å². The normalized spacial score (nSPS) is 17.5. The Hall–Kier alpha value is -2.34. The van der Waals surface area contributed by atoms with Crippen molar-refractivity contribution in [2.45, 2.75) is 6.04 Å². The number of benzene rings is 1. The van der Waals surface area contributed by atoms with Crippen LogP contribution in [0.3, 0.4) is 0 Å². The molecule has 2 amide bonds. The number of carbonyl (C=O) groups excluding carboxylic acids is 1. The van der Waals surface area contributed by atoms with Crippen LogP contribution in [-0.4, -0.2) is 46.1 Å². The Balaban J connectivity index is 2.08. The van der Waals surface area contributed by atoms with Gasteiger partial charge in [0.25, 0.3) is 5.91 Å². The van der Waals surface area contributed by atoms with E-state index >= 15 is 0 Å². The third kappa shape index (κ3) is 2.92. The van der Waals surface area contributed by atoms with Crippen molar-refractivity contribution in [3.8, 4) is 0 Å². The van der Waals surface area contributed by atoms with E-state index in [1.807, 2.05) is 12.1 Å². The van der Waals surface area contributed by atoms with Gasteiger partial charge in [0.1, 0.15) is 0 Å². The molecule has 6 nitrogen and oxygen atoms in total. The van der Waals surface area contributed by atoms with Crippen LogP contribution in [0.15, 0.2) is 42.5 Å². The molecular formula is C13H15N3O3. The predicted octanol–water partition coefficient (Wildman–Crippen LogP) is 0.921. The average Bonchev–Trinajstić information content (AvgIpc) is 2.87. The second kappa shape index (κ2) is 5.53. The van der Waals surface area contributed by atoms with Gasteiger partial charge in [0.05, 0.1) is 12.6 Å². The standard InChI is InChI=1S/C13H15N3O3/c14-16(13(18)19)9-11-7-4-8-15(11)12(17)10-5-2-1-3-6-10/h1-7,11H,8-9,14H2,(H,18,19). The second-order valence-electron chi connectivity index (χ2n) is 4.25. The van der Waals surface area contributed by atoms with E-state index in [0.717, 1.165) is 0 Å². The van der Waals surface area contributed by atoms with Crippen molar-refractivity contribution < 1.29 is 14.7 Å². The summed E-state index contributed by atoms with van der Waals surface area (Å²) in [5.74, 6) is 5.23. The van der Waals surface area contributed by atoms with Crippen LogP contribution < -0.4 is 5.84 Å². The topological polar surface area (TPSA) is 86.9 Å². The SMILES string of the molecule is NN(CC1C=CCN1C(=O)c1ccccc1)C(=O)O. The Morgan fingerprint density at radius 3 is 2.68 bits per heavy atom. The van der Waals surface area contributed by atoms with Crippen LogP contribution in [0.4, 0.5) is 4.79 Å². The highest BCUT2D eigenvalue weighted by Crippen LogP contribution is 2.15. The minimum absolute atomic E-state index is 0.0599. The van der Waals surface area contributed by atoms with Crippen molar-refractivity contribution >= 4 is 12.0 Å². The van der Waals surface area contributed by atoms with E-state index in [4.69, 9.17) is 10.9 Å². The van der Waals surface area contributed by atoms with E-state index in [2.05, 4.69) is 0 Å². The van der Waals surface area contributed by atoms with E-state index in [-0.39, 0.29) is 18.5 Å². The van der Waals surface area contributed by atoms with Crippen LogP contribution >= 0.6 is 0 Å². The van der Waals surface area contributed by atoms with Crippen LogP contribution in [0.1, 0.15) is 10.4 Å². The van der Waals surface area contributed by atoms with Gasteiger partial charge in [-0.15, -0.1) is 0 Å². The molecule has 0 aliphatic carbocycles. The fourth-order valence-electron chi connectivity index (χ4n) is 1.99. The zero-order valence-electron chi connectivity index (χ0n) is 10.3. The molecule has 1 atom stereocenters. The summed E-state index contributed by atoms with van der Waals surface area (Å²) in [7, 11) is 0. The molecular weight excluding hydrogens is 246 g/mol. The lowest BCUT2D eigenvalue weighted by atomic mass is 10.2. The molecule has 1 aliphatic rings. The van der Waals surface area contributed by atoms with Gasteiger partial charge in [-0.2, -0.15) is 0 Å². The van der Waals surface area contributed by atoms with E-state index < -0.39 is 6.09 Å². The Kier molecular flexibility index (Phi) is 3.82. The first-order valence-electron chi connectivity index (χ1n) is 5.87. The summed E-state index contributed by atoms with van der Waals surface area (Å²) >= 11 is 0. The van der Waals surface area contributed by atoms with E-state index in [1.54, 1.807) is 35.2 Å². The van der Waals surface area contributed by atoms with Gasteiger partial charge in [0, 0.05) is 12.1 Å². The van der Waals surface area contributed by atoms with Crippen LogP contribution in [0, 0.1) is 0 Å². The van der Waals surface area contributed by atoms with Gasteiger partial charge in [-0.25, -0.2) is 15.6 Å². The molecule has 0 radical (unpaired) electrons. The molecule has 1 aromatic rings. The maximum atomic E-state index is 12.3. The molecule has 0 saturated heterocycles. The van der Waals surface area contributed by atoms with Crippen molar-refractivity contribution in [3.63, 3.8) is 0 Å². The van der Waals surface area contributed by atoms with Gasteiger partial charge >= 0.3 is 6.09 Å². The number of carbonyl (C=O) groups is 2. The molecule has 1 unspecified atom stereocenters. The predicted molar refractivity (Wildman–Crippen MR) is 69.3 cm³/mol. The van der Waals surface area contributed by atoms with E-state index in [0.29, 0.717) is 17.1 Å². The average molecular weight is 261 g/mol. The molecule has 0 aromatic heterocycles. The van der Waals surface area contributed by atoms with Crippen molar-refractivity contribution in [3.05, 3.63) is 48.0 Å². The molecule has 0 bridgehead atoms. The summed E-state index contributed by atoms with van der Waals surface area (Å²) in [6.45, 7) is 0.524. The van der Waals surface area contributed by atoms with Crippen LogP contribution in [0.5, 0.6) is 0 Å². The Bertz CT molecular complexity index is 501. The van der Waals surface area contributed by atoms with Gasteiger partial charge in [0.15, 0.2) is 0 Å². The number of hydrogen-bond acceptors (Lipinski definition) is 3. The lowest BCUT2D eigenvalue weighted by molar-refractivity contribution is 0.0711. The zero-order chi connectivity index (χ0) is 13.8. The molecule has 2 rings (SSSR count). The van der Waals surface area contributed by atoms with Crippen LogP contribution in [-0.2, 0) is 0 Å². The minimum atomic E-state index is -1.22. The highest BCUT2D eigenvalue weighted by atomic mass is 16.4. The van der Waals surface area contributed by atoms with E-state index in [1.165, 1.54) is 0 Å². The molecule has 19 heavy (non-hydrogen) atoms. The van der Waals surface area contributed by atoms with Crippen LogP contribution in [0.2, 0.25) is 0 Å². The highest BCUT2D eigenvalue weighted by molar-refractivity contribution is 5.94. The first kappa shape index (κ1) is 13.1. The maximum absolute atomic E-state index is 12.3. The Morgan fingerprint density at radius 2 is 2.05 bits per heavy atom. The molecule has 100 valence electrons. The fraction of sp³-hybridized carbons (Fsp3) is 0.231. The second-order valence-corrected chi connectivity index (χ2v) is 4.25. The third-order valence-electron chi connectivity index (χ3n) is 2.97. The van der Waals surface area contributed by atoms with Crippen LogP contribution in [0.25, 0.3) is 0 Å². The van der Waals surface area contributed by atoms with E-state index in [9.17, 15) is 9.59 Å². The zero-order valence-corrected chi connectivity index (χ0v) is 10.3. The first-order chi connectivity index (χ1) is 9.09. The largest absolute Gasteiger partial charge is 0.464 e. The minimum Gasteiger partial charge on any atom is -0.464 e. The summed E-state index contributed by atoms with van der Waals surface area (Å²) in [5.41, 5.74) is 0.579. The number of hydrogen-bond donors (Lipinski definition) is 2. The third-order valence-corrected chi connectivity index (χ3v) is 2.97. The smallest absolute Gasteiger partial charge is 0.421 e. The van der Waals surface area contributed by atoms with Gasteiger partial charge in [-0.3, -0.25) is 4.79 Å². The molecule has 0 spiro atoms. The van der Waals surface area contributed by atoms with Crippen molar-refractivity contribution in [2.75, 3.05) is 13.1 Å². The number of hydrazine groups is 1. The number of amides is 2. The molecule has 0 fully saturated rings. The summed E-state index contributed by atoms with van der Waals surface area (Å²) < 4.78 is 0. The molecule has 1 heterocycles. The lowest BCUT2D eigenvalue weighted by Gasteiger charge is -2.27. The van der Waals surface area contributed by atoms with Crippen molar-refractivity contribution in [2.24, 2.45) is 5.84 Å². The number of nitrogens with zero attached hydrogens (tertiary/aromatic N) is 2. The van der Waals surface area contributed by atoms with Gasteiger partial charge in [-0.05, 0) is 12.1 Å². The van der Waals surface area contributed by atoms with Crippen molar-refractivity contribution in [1.29, 1.82) is 0 Å². The molecule has 1 aliphatic heterocycles. The summed E-state index contributed by atoms with van der Waals surface area (Å²) in [6, 6.07) is 8.55. The summed E-state index contributed by atoms with van der Waals surface area (Å²) in [5, 5.41) is 9.44.